The number of hydrogen-bond acceptors (Lipinski definition) is 5. The average Bonchev–Trinajstić information content (AvgIpc) is 3.03. The van der Waals surface area contributed by atoms with Crippen LogP contribution in [0.2, 0.25) is 0 Å². The Morgan fingerprint density at radius 1 is 0.897 bits per heavy atom. The van der Waals surface area contributed by atoms with Crippen molar-refractivity contribution in [1.29, 1.82) is 0 Å². The summed E-state index contributed by atoms with van der Waals surface area (Å²) in [5.74, 6) is -0.872. The van der Waals surface area contributed by atoms with Gasteiger partial charge in [0.1, 0.15) is 17.5 Å². The maximum Gasteiger partial charge on any atom is 0.234 e. The Labute approximate surface area is 169 Å². The smallest absolute Gasteiger partial charge is 0.234 e. The largest absolute Gasteiger partial charge is 0.326 e. The Morgan fingerprint density at radius 3 is 1.97 bits per heavy atom. The highest BCUT2D eigenvalue weighted by Gasteiger charge is 2.15. The summed E-state index contributed by atoms with van der Waals surface area (Å²) in [7, 11) is 1.70. The summed E-state index contributed by atoms with van der Waals surface area (Å²) in [6, 6.07) is 10.9. The number of rotatable bonds is 7. The molecule has 0 fully saturated rings. The molecular weight excluding hydrogens is 400 g/mol. The molecule has 1 aromatic heterocycles. The van der Waals surface area contributed by atoms with E-state index in [0.717, 1.165) is 11.8 Å². The molecule has 0 saturated carbocycles. The van der Waals surface area contributed by atoms with Gasteiger partial charge in [0.15, 0.2) is 5.16 Å². The fourth-order valence-electron chi connectivity index (χ4n) is 2.37. The molecule has 0 saturated heterocycles. The molecule has 10 heteroatoms. The molecule has 3 aromatic rings. The summed E-state index contributed by atoms with van der Waals surface area (Å²) < 4.78 is 27.4. The number of anilines is 2. The lowest BCUT2D eigenvalue weighted by atomic mass is 10.3. The molecule has 7 nitrogen and oxygen atoms in total. The van der Waals surface area contributed by atoms with Crippen molar-refractivity contribution in [3.63, 3.8) is 0 Å². The zero-order valence-electron chi connectivity index (χ0n) is 15.4. The Hall–Kier alpha value is -3.27. The van der Waals surface area contributed by atoms with E-state index in [9.17, 15) is 18.4 Å². The monoisotopic (exact) mass is 417 g/mol. The molecule has 3 rings (SSSR count). The van der Waals surface area contributed by atoms with Crippen LogP contribution in [-0.4, -0.2) is 32.3 Å². The van der Waals surface area contributed by atoms with Crippen LogP contribution in [0, 0.1) is 11.6 Å². The lowest BCUT2D eigenvalue weighted by molar-refractivity contribution is -0.116. The van der Waals surface area contributed by atoms with Crippen LogP contribution in [0.1, 0.15) is 5.82 Å². The minimum atomic E-state index is -0.388. The zero-order chi connectivity index (χ0) is 20.8. The third-order valence-electron chi connectivity index (χ3n) is 3.83. The molecule has 0 atom stereocenters. The summed E-state index contributed by atoms with van der Waals surface area (Å²) in [5.41, 5.74) is 0.971. The Morgan fingerprint density at radius 2 is 1.41 bits per heavy atom. The molecule has 2 N–H and O–H groups in total. The number of carbonyl (C=O) groups is 2. The number of aromatic nitrogens is 3. The Kier molecular flexibility index (Phi) is 6.55. The van der Waals surface area contributed by atoms with E-state index in [2.05, 4.69) is 20.8 Å². The van der Waals surface area contributed by atoms with Gasteiger partial charge >= 0.3 is 0 Å². The first-order valence-corrected chi connectivity index (χ1v) is 9.51. The van der Waals surface area contributed by atoms with Crippen molar-refractivity contribution in [2.75, 3.05) is 16.4 Å². The second-order valence-electron chi connectivity index (χ2n) is 6.03. The number of carbonyl (C=O) groups excluding carboxylic acids is 2. The topological polar surface area (TPSA) is 88.9 Å². The second kappa shape index (κ2) is 9.28. The van der Waals surface area contributed by atoms with Crippen molar-refractivity contribution >= 4 is 35.0 Å². The van der Waals surface area contributed by atoms with Gasteiger partial charge in [-0.15, -0.1) is 10.2 Å². The molecular formula is C19H17F2N5O2S. The van der Waals surface area contributed by atoms with Gasteiger partial charge in [-0.2, -0.15) is 0 Å². The average molecular weight is 417 g/mol. The molecule has 0 aliphatic heterocycles. The van der Waals surface area contributed by atoms with E-state index in [1.165, 1.54) is 48.5 Å². The van der Waals surface area contributed by atoms with E-state index >= 15 is 0 Å². The van der Waals surface area contributed by atoms with Crippen molar-refractivity contribution in [2.45, 2.75) is 11.6 Å². The van der Waals surface area contributed by atoms with Crippen LogP contribution >= 0.6 is 11.8 Å². The van der Waals surface area contributed by atoms with Gasteiger partial charge in [-0.3, -0.25) is 9.59 Å². The van der Waals surface area contributed by atoms with E-state index in [1.54, 1.807) is 11.6 Å². The highest BCUT2D eigenvalue weighted by atomic mass is 32.2. The van der Waals surface area contributed by atoms with E-state index in [-0.39, 0.29) is 35.6 Å². The minimum Gasteiger partial charge on any atom is -0.326 e. The normalized spacial score (nSPS) is 10.6. The van der Waals surface area contributed by atoms with E-state index in [4.69, 9.17) is 0 Å². The van der Waals surface area contributed by atoms with Gasteiger partial charge in [0.25, 0.3) is 0 Å². The first-order valence-electron chi connectivity index (χ1n) is 8.52. The zero-order valence-corrected chi connectivity index (χ0v) is 16.2. The fraction of sp³-hybridized carbons (Fsp3) is 0.158. The summed E-state index contributed by atoms with van der Waals surface area (Å²) >= 11 is 1.16. The van der Waals surface area contributed by atoms with Gasteiger partial charge in [-0.25, -0.2) is 8.78 Å². The molecule has 0 spiro atoms. The first-order chi connectivity index (χ1) is 13.9. The predicted octanol–water partition coefficient (Wildman–Crippen LogP) is 3.01. The molecule has 0 radical (unpaired) electrons. The number of amides is 2. The fourth-order valence-corrected chi connectivity index (χ4v) is 3.10. The number of nitrogens with one attached hydrogen (secondary N) is 2. The van der Waals surface area contributed by atoms with Crippen molar-refractivity contribution in [2.24, 2.45) is 7.05 Å². The van der Waals surface area contributed by atoms with Gasteiger partial charge in [0.05, 0.1) is 12.2 Å². The molecule has 0 aliphatic carbocycles. The van der Waals surface area contributed by atoms with Crippen molar-refractivity contribution in [3.8, 4) is 0 Å². The van der Waals surface area contributed by atoms with Crippen molar-refractivity contribution in [3.05, 3.63) is 66.0 Å². The maximum atomic E-state index is 12.9. The molecule has 2 amide bonds. The third kappa shape index (κ3) is 5.85. The van der Waals surface area contributed by atoms with Gasteiger partial charge in [-0.1, -0.05) is 11.8 Å². The highest BCUT2D eigenvalue weighted by Crippen LogP contribution is 2.17. The van der Waals surface area contributed by atoms with E-state index in [1.807, 2.05) is 0 Å². The lowest BCUT2D eigenvalue weighted by Gasteiger charge is -2.06. The highest BCUT2D eigenvalue weighted by molar-refractivity contribution is 7.99. The molecule has 2 aromatic carbocycles. The quantitative estimate of drug-likeness (QED) is 0.577. The van der Waals surface area contributed by atoms with Crippen LogP contribution in [0.4, 0.5) is 20.2 Å². The molecule has 150 valence electrons. The molecule has 0 unspecified atom stereocenters. The Balaban J connectivity index is 1.51. The van der Waals surface area contributed by atoms with Crippen LogP contribution in [0.15, 0.2) is 53.7 Å². The van der Waals surface area contributed by atoms with E-state index < -0.39 is 0 Å². The van der Waals surface area contributed by atoms with Crippen LogP contribution in [0.5, 0.6) is 0 Å². The third-order valence-corrected chi connectivity index (χ3v) is 4.85. The summed E-state index contributed by atoms with van der Waals surface area (Å²) in [4.78, 5) is 24.2. The lowest BCUT2D eigenvalue weighted by Crippen LogP contribution is -2.17. The minimum absolute atomic E-state index is 0.0246. The van der Waals surface area contributed by atoms with Crippen LogP contribution in [0.3, 0.4) is 0 Å². The molecule has 0 aliphatic rings. The summed E-state index contributed by atoms with van der Waals surface area (Å²) in [6.45, 7) is 0. The van der Waals surface area contributed by atoms with Crippen LogP contribution in [-0.2, 0) is 23.1 Å². The number of thioether (sulfide) groups is 1. The standard InChI is InChI=1S/C19H17F2N5O2S/c1-26-16(10-17(27)22-14-6-2-12(20)3-7-14)24-25-19(26)29-11-18(28)23-15-8-4-13(21)5-9-15/h2-9H,10-11H2,1H3,(H,22,27)(H,23,28). The van der Waals surface area contributed by atoms with Crippen LogP contribution in [0.25, 0.3) is 0 Å². The summed E-state index contributed by atoms with van der Waals surface area (Å²) in [6.07, 6.45) is -0.0246. The summed E-state index contributed by atoms with van der Waals surface area (Å²) in [5, 5.41) is 13.8. The number of nitrogens with zero attached hydrogens (tertiary/aromatic N) is 3. The Bertz CT molecular complexity index is 1010. The van der Waals surface area contributed by atoms with E-state index in [0.29, 0.717) is 22.4 Å². The van der Waals surface area contributed by atoms with Crippen molar-refractivity contribution < 1.29 is 18.4 Å². The van der Waals surface area contributed by atoms with Gasteiger partial charge in [0.2, 0.25) is 11.8 Å². The number of benzene rings is 2. The SMILES string of the molecule is Cn1c(CC(=O)Nc2ccc(F)cc2)nnc1SCC(=O)Nc1ccc(F)cc1. The van der Waals surface area contributed by atoms with Crippen molar-refractivity contribution in [1.82, 2.24) is 14.8 Å². The maximum absolute atomic E-state index is 12.9. The van der Waals surface area contributed by atoms with Crippen LogP contribution < -0.4 is 10.6 Å². The number of hydrogen-bond donors (Lipinski definition) is 2. The van der Waals surface area contributed by atoms with Gasteiger partial charge < -0.3 is 15.2 Å². The number of halogens is 2. The van der Waals surface area contributed by atoms with Gasteiger partial charge in [-0.05, 0) is 48.5 Å². The first kappa shape index (κ1) is 20.5. The molecule has 29 heavy (non-hydrogen) atoms. The second-order valence-corrected chi connectivity index (χ2v) is 6.98. The molecule has 1 heterocycles. The molecule has 0 bridgehead atoms. The predicted molar refractivity (Wildman–Crippen MR) is 105 cm³/mol. The van der Waals surface area contributed by atoms with Gasteiger partial charge in [0, 0.05) is 18.4 Å².